The second-order valence-corrected chi connectivity index (χ2v) is 14.0. The van der Waals surface area contributed by atoms with E-state index in [1.165, 1.54) is 46.9 Å². The van der Waals surface area contributed by atoms with Crippen molar-refractivity contribution in [2.75, 3.05) is 13.3 Å². The van der Waals surface area contributed by atoms with Crippen LogP contribution in [0.2, 0.25) is 0 Å². The van der Waals surface area contributed by atoms with Crippen LogP contribution >= 0.6 is 15.8 Å². The van der Waals surface area contributed by atoms with Crippen molar-refractivity contribution in [2.45, 2.75) is 25.7 Å². The van der Waals surface area contributed by atoms with Gasteiger partial charge in [0, 0.05) is 19.5 Å². The summed E-state index contributed by atoms with van der Waals surface area (Å²) in [5.41, 5.74) is 0. The van der Waals surface area contributed by atoms with Gasteiger partial charge in [-0.05, 0) is 102 Å². The van der Waals surface area contributed by atoms with E-state index >= 15 is 0 Å². The van der Waals surface area contributed by atoms with Gasteiger partial charge in [-0.2, -0.15) is 0 Å². The van der Waals surface area contributed by atoms with Crippen LogP contribution in [-0.2, 0) is 19.5 Å². The summed E-state index contributed by atoms with van der Waals surface area (Å²) in [6, 6.07) is 42.8. The first-order valence-electron chi connectivity index (χ1n) is 13.3. The van der Waals surface area contributed by atoms with Gasteiger partial charge in [-0.15, -0.1) is 10.2 Å². The van der Waals surface area contributed by atoms with Crippen LogP contribution in [0.25, 0.3) is 0 Å². The van der Waals surface area contributed by atoms with Crippen molar-refractivity contribution in [3.05, 3.63) is 147 Å². The van der Waals surface area contributed by atoms with Crippen LogP contribution in [0.1, 0.15) is 25.7 Å². The molecule has 1 saturated carbocycles. The molecule has 1 aliphatic rings. The van der Waals surface area contributed by atoms with Crippen LogP contribution in [0, 0.1) is 35.9 Å². The number of rotatable bonds is 4. The van der Waals surface area contributed by atoms with Crippen molar-refractivity contribution < 1.29 is 48.4 Å². The fourth-order valence-electron chi connectivity index (χ4n) is 3.76. The van der Waals surface area contributed by atoms with Crippen molar-refractivity contribution in [1.29, 1.82) is 0 Å². The van der Waals surface area contributed by atoms with E-state index in [0.717, 1.165) is 0 Å². The Labute approximate surface area is 270 Å². The summed E-state index contributed by atoms with van der Waals surface area (Å²) in [4.78, 5) is 0. The van der Waals surface area contributed by atoms with Crippen molar-refractivity contribution in [3.63, 3.8) is 0 Å². The second-order valence-electron chi connectivity index (χ2n) is 8.94. The first-order chi connectivity index (χ1) is 19.8. The van der Waals surface area contributed by atoms with Gasteiger partial charge in [0.2, 0.25) is 0 Å². The predicted octanol–water partition coefficient (Wildman–Crippen LogP) is 3.12. The van der Waals surface area contributed by atoms with Gasteiger partial charge in [0.05, 0.1) is 0 Å². The Kier molecular flexibility index (Phi) is 21.0. The summed E-state index contributed by atoms with van der Waals surface area (Å²) >= 11 is 0. The topological polar surface area (TPSA) is 92.2 Å². The van der Waals surface area contributed by atoms with E-state index in [0.29, 0.717) is 0 Å². The van der Waals surface area contributed by atoms with Gasteiger partial charge in [-0.1, -0.05) is 121 Å². The molecule has 1 fully saturated rings. The normalized spacial score (nSPS) is 13.0. The van der Waals surface area contributed by atoms with Gasteiger partial charge in [0.15, 0.2) is 0 Å². The zero-order valence-electron chi connectivity index (χ0n) is 23.9. The van der Waals surface area contributed by atoms with Gasteiger partial charge in [0.25, 0.3) is 0 Å². The monoisotopic (exact) mass is 710 g/mol. The molecule has 0 spiro atoms. The van der Waals surface area contributed by atoms with Crippen molar-refractivity contribution in [3.8, 4) is 0 Å². The molecular formula is C34H38ClO4P2Rh-. The molecule has 5 rings (SSSR count). The number of halogens is 1. The second kappa shape index (κ2) is 23.0. The van der Waals surface area contributed by atoms with E-state index < -0.39 is 10.2 Å². The Hall–Kier alpha value is -1.51. The van der Waals surface area contributed by atoms with Gasteiger partial charge < -0.3 is 0 Å². The maximum atomic E-state index is 8.49. The van der Waals surface area contributed by atoms with Crippen LogP contribution < -0.4 is 39.9 Å². The number of hydrogen-bond donors (Lipinski definition) is 0. The summed E-state index contributed by atoms with van der Waals surface area (Å²) in [5.74, 6) is 0. The molecule has 1 aliphatic carbocycles. The van der Waals surface area contributed by atoms with Crippen LogP contribution in [0.15, 0.2) is 121 Å². The Morgan fingerprint density at radius 3 is 0.738 bits per heavy atom. The molecule has 0 unspecified atom stereocenters. The first kappa shape index (κ1) is 38.5. The molecule has 8 heteroatoms. The third-order valence-corrected chi connectivity index (χ3v) is 10.2. The Morgan fingerprint density at radius 2 is 0.571 bits per heavy atom. The Morgan fingerprint density at radius 1 is 0.405 bits per heavy atom. The molecule has 0 N–H and O–H groups in total. The summed E-state index contributed by atoms with van der Waals surface area (Å²) in [6.07, 6.45) is 14.0. The minimum atomic E-state index is -4.94. The van der Waals surface area contributed by atoms with Gasteiger partial charge in [-0.3, -0.25) is 0 Å². The van der Waals surface area contributed by atoms with Crippen LogP contribution in [0.5, 0.6) is 0 Å². The average molecular weight is 711 g/mol. The van der Waals surface area contributed by atoms with Crippen LogP contribution in [0.4, 0.5) is 0 Å². The number of benzene rings is 4. The predicted molar refractivity (Wildman–Crippen MR) is 166 cm³/mol. The molecular weight excluding hydrogens is 673 g/mol. The fourth-order valence-corrected chi connectivity index (χ4v) is 6.83. The minimum Gasteiger partial charge on any atom is -0.222 e. The smallest absolute Gasteiger partial charge is 0 e. The van der Waals surface area contributed by atoms with Crippen LogP contribution in [0.3, 0.4) is 0 Å². The maximum absolute atomic E-state index is 8.49. The van der Waals surface area contributed by atoms with Crippen molar-refractivity contribution in [1.82, 2.24) is 0 Å². The molecule has 0 atom stereocenters. The van der Waals surface area contributed by atoms with Crippen molar-refractivity contribution >= 4 is 37.1 Å². The molecule has 0 amide bonds. The zero-order valence-corrected chi connectivity index (χ0v) is 28.1. The molecule has 225 valence electrons. The molecule has 4 aromatic rings. The van der Waals surface area contributed by atoms with E-state index in [9.17, 15) is 0 Å². The maximum Gasteiger partial charge on any atom is 0 e. The quantitative estimate of drug-likeness (QED) is 0.241. The average Bonchev–Trinajstić information content (AvgIpc) is 2.98. The molecule has 0 aromatic heterocycles. The van der Waals surface area contributed by atoms with Crippen LogP contribution in [-0.4, -0.2) is 13.3 Å². The van der Waals surface area contributed by atoms with Gasteiger partial charge >= 0.3 is 0 Å². The Balaban J connectivity index is 0.000000297. The van der Waals surface area contributed by atoms with E-state index in [1.54, 1.807) is 0 Å². The molecule has 0 bridgehead atoms. The Bertz CT molecular complexity index is 978. The molecule has 4 nitrogen and oxygen atoms in total. The van der Waals surface area contributed by atoms with E-state index in [2.05, 4.69) is 160 Å². The van der Waals surface area contributed by atoms with E-state index in [4.69, 9.17) is 18.6 Å². The minimum absolute atomic E-state index is 0. The largest absolute Gasteiger partial charge is 0.222 e. The molecule has 42 heavy (non-hydrogen) atoms. The molecule has 5 radical (unpaired) electrons. The summed E-state index contributed by atoms with van der Waals surface area (Å²) in [5, 5.41) is 5.75. The molecule has 0 saturated heterocycles. The van der Waals surface area contributed by atoms with Gasteiger partial charge in [-0.25, -0.2) is 18.6 Å². The summed E-state index contributed by atoms with van der Waals surface area (Å²) in [7, 11) is -5.29. The SMILES string of the molecule is CP(c1ccccc1)c1ccccc1.CP(c1ccccc1)c1ccccc1.[CH]1[CH]CC[CH][CH]CC1.[O-][Cl+3]([O-])([O-])[O-].[Rh]. The molecule has 0 heterocycles. The third kappa shape index (κ3) is 18.2. The van der Waals surface area contributed by atoms with E-state index in [-0.39, 0.29) is 35.3 Å². The molecule has 4 aromatic carbocycles. The standard InChI is InChI=1S/2C13H13P.C8H12.ClHO4.Rh/c2*1-14(12-8-4-2-5-9-12)13-10-6-3-7-11-13;1-2-4-6-8-7-5-3-1;2-1(3,4)5;/h2*2-11H,1H3;1-2,7-8H,3-6H2;(H,2,3,4,5);/p-1. The van der Waals surface area contributed by atoms with Crippen molar-refractivity contribution in [2.24, 2.45) is 0 Å². The third-order valence-electron chi connectivity index (χ3n) is 5.91. The summed E-state index contributed by atoms with van der Waals surface area (Å²) in [6.45, 7) is 4.61. The van der Waals surface area contributed by atoms with E-state index in [1.807, 2.05) is 0 Å². The van der Waals surface area contributed by atoms with Gasteiger partial charge in [0.1, 0.15) is 0 Å². The first-order valence-corrected chi connectivity index (χ1v) is 18.2. The fraction of sp³-hybridized carbons (Fsp3) is 0.176. The summed E-state index contributed by atoms with van der Waals surface area (Å²) < 4.78 is 34.0. The zero-order chi connectivity index (χ0) is 29.8. The number of hydrogen-bond acceptors (Lipinski definition) is 4. The molecule has 0 aliphatic heterocycles.